The van der Waals surface area contributed by atoms with Crippen LogP contribution in [0.4, 0.5) is 0 Å². The minimum atomic E-state index is -1.76. The van der Waals surface area contributed by atoms with E-state index in [-0.39, 0.29) is 28.6 Å². The smallest absolute Gasteiger partial charge is 0.228 e. The molecule has 3 nitrogen and oxygen atoms in total. The highest BCUT2D eigenvalue weighted by molar-refractivity contribution is 6.74. The van der Waals surface area contributed by atoms with Crippen molar-refractivity contribution in [3.63, 3.8) is 0 Å². The first-order valence-corrected chi connectivity index (χ1v) is 10.8. The SMILES string of the molecule is CC(C)C[C@H]1O[C@@]12O[C@]2(C)[C@H](C)O[Si](C)(C)C(C)(C)C. The van der Waals surface area contributed by atoms with Crippen molar-refractivity contribution in [1.82, 2.24) is 0 Å². The second-order valence-corrected chi connectivity index (χ2v) is 13.4. The molecule has 2 aliphatic rings. The van der Waals surface area contributed by atoms with Gasteiger partial charge in [-0.1, -0.05) is 34.6 Å². The Morgan fingerprint density at radius 2 is 1.75 bits per heavy atom. The van der Waals surface area contributed by atoms with Crippen molar-refractivity contribution < 1.29 is 13.9 Å². The Morgan fingerprint density at radius 3 is 2.20 bits per heavy atom. The molecule has 0 aliphatic carbocycles. The average molecular weight is 301 g/mol. The topological polar surface area (TPSA) is 34.3 Å². The van der Waals surface area contributed by atoms with Crippen molar-refractivity contribution in [3.8, 4) is 0 Å². The molecule has 0 aromatic heterocycles. The van der Waals surface area contributed by atoms with Crippen molar-refractivity contribution in [1.29, 1.82) is 0 Å². The maximum absolute atomic E-state index is 6.49. The second-order valence-electron chi connectivity index (χ2n) is 8.63. The van der Waals surface area contributed by atoms with Crippen LogP contribution < -0.4 is 0 Å². The predicted octanol–water partition coefficient (Wildman–Crippen LogP) is 4.33. The molecule has 2 rings (SSSR count). The van der Waals surface area contributed by atoms with E-state index in [9.17, 15) is 0 Å². The summed E-state index contributed by atoms with van der Waals surface area (Å²) >= 11 is 0. The molecular formula is C16H32O3Si. The fourth-order valence-electron chi connectivity index (χ4n) is 2.72. The van der Waals surface area contributed by atoms with Crippen LogP contribution in [0.1, 0.15) is 54.9 Å². The fourth-order valence-corrected chi connectivity index (χ4v) is 4.18. The lowest BCUT2D eigenvalue weighted by Gasteiger charge is -2.39. The van der Waals surface area contributed by atoms with Gasteiger partial charge in [-0.15, -0.1) is 0 Å². The van der Waals surface area contributed by atoms with E-state index >= 15 is 0 Å². The molecule has 0 amide bonds. The van der Waals surface area contributed by atoms with Gasteiger partial charge in [0.05, 0.1) is 6.10 Å². The molecule has 2 aliphatic heterocycles. The van der Waals surface area contributed by atoms with Crippen molar-refractivity contribution in [2.75, 3.05) is 0 Å². The maximum Gasteiger partial charge on any atom is 0.228 e. The predicted molar refractivity (Wildman–Crippen MR) is 84.3 cm³/mol. The molecular weight excluding hydrogens is 268 g/mol. The third-order valence-electron chi connectivity index (χ3n) is 5.44. The molecule has 20 heavy (non-hydrogen) atoms. The molecule has 118 valence electrons. The third kappa shape index (κ3) is 2.49. The van der Waals surface area contributed by atoms with Gasteiger partial charge in [0.25, 0.3) is 0 Å². The van der Waals surface area contributed by atoms with Crippen molar-refractivity contribution in [2.45, 2.75) is 96.6 Å². The summed E-state index contributed by atoms with van der Waals surface area (Å²) in [6.07, 6.45) is 1.42. The highest BCUT2D eigenvalue weighted by Gasteiger charge is 2.85. The lowest BCUT2D eigenvalue weighted by Crippen LogP contribution is -2.47. The lowest BCUT2D eigenvalue weighted by atomic mass is 9.96. The zero-order valence-electron chi connectivity index (χ0n) is 14.7. The summed E-state index contributed by atoms with van der Waals surface area (Å²) in [5.74, 6) is 0.309. The Kier molecular flexibility index (Phi) is 3.74. The van der Waals surface area contributed by atoms with Crippen LogP contribution in [0.5, 0.6) is 0 Å². The minimum absolute atomic E-state index is 0.0838. The minimum Gasteiger partial charge on any atom is -0.411 e. The number of ether oxygens (including phenoxy) is 2. The molecule has 2 fully saturated rings. The van der Waals surface area contributed by atoms with Crippen LogP contribution >= 0.6 is 0 Å². The Balaban J connectivity index is 1.97. The number of epoxide rings is 2. The van der Waals surface area contributed by atoms with Gasteiger partial charge in [0.1, 0.15) is 11.7 Å². The van der Waals surface area contributed by atoms with Crippen LogP contribution in [0.2, 0.25) is 18.1 Å². The van der Waals surface area contributed by atoms with E-state index in [0.29, 0.717) is 5.92 Å². The quantitative estimate of drug-likeness (QED) is 0.560. The first-order valence-electron chi connectivity index (χ1n) is 7.91. The van der Waals surface area contributed by atoms with Crippen molar-refractivity contribution in [3.05, 3.63) is 0 Å². The summed E-state index contributed by atoms with van der Waals surface area (Å²) in [7, 11) is -1.76. The molecule has 4 heteroatoms. The molecule has 4 atom stereocenters. The number of hydrogen-bond donors (Lipinski definition) is 0. The van der Waals surface area contributed by atoms with Gasteiger partial charge >= 0.3 is 0 Å². The average Bonchev–Trinajstić information content (AvgIpc) is 3.03. The summed E-state index contributed by atoms with van der Waals surface area (Å²) in [5, 5.41) is 0.224. The fraction of sp³-hybridized carbons (Fsp3) is 1.00. The van der Waals surface area contributed by atoms with Crippen molar-refractivity contribution >= 4 is 8.32 Å². The monoisotopic (exact) mass is 300 g/mol. The summed E-state index contributed by atoms with van der Waals surface area (Å²) < 4.78 is 18.4. The van der Waals surface area contributed by atoms with Gasteiger partial charge in [0.15, 0.2) is 8.32 Å². The zero-order valence-corrected chi connectivity index (χ0v) is 15.7. The van der Waals surface area contributed by atoms with E-state index in [2.05, 4.69) is 61.6 Å². The lowest BCUT2D eigenvalue weighted by molar-refractivity contribution is 0.108. The Labute approximate surface area is 125 Å². The first-order chi connectivity index (χ1) is 8.86. The molecule has 1 spiro atoms. The van der Waals surface area contributed by atoms with Gasteiger partial charge in [0.2, 0.25) is 5.79 Å². The summed E-state index contributed by atoms with van der Waals surface area (Å²) in [6, 6.07) is 0. The molecule has 0 bridgehead atoms. The first kappa shape index (κ1) is 16.5. The standard InChI is InChI=1S/C16H32O3Si/c1-11(2)10-13-16(17-13)15(7,19-16)12(3)18-20(8,9)14(4,5)6/h11-13H,10H2,1-9H3/t12-,13+,15+,16+/m0/s1. The van der Waals surface area contributed by atoms with Crippen LogP contribution in [0.3, 0.4) is 0 Å². The Bertz CT molecular complexity index is 388. The van der Waals surface area contributed by atoms with Crippen LogP contribution in [0.15, 0.2) is 0 Å². The van der Waals surface area contributed by atoms with Gasteiger partial charge in [0, 0.05) is 0 Å². The van der Waals surface area contributed by atoms with Gasteiger partial charge in [-0.2, -0.15) is 0 Å². The highest BCUT2D eigenvalue weighted by atomic mass is 28.4. The second kappa shape index (κ2) is 4.54. The summed E-state index contributed by atoms with van der Waals surface area (Å²) in [5.41, 5.74) is -0.262. The Morgan fingerprint density at radius 1 is 1.20 bits per heavy atom. The van der Waals surface area contributed by atoms with E-state index in [4.69, 9.17) is 13.9 Å². The molecule has 0 aromatic rings. The van der Waals surface area contributed by atoms with Crippen LogP contribution in [-0.4, -0.2) is 31.9 Å². The molecule has 2 heterocycles. The van der Waals surface area contributed by atoms with Gasteiger partial charge in [-0.25, -0.2) is 0 Å². The molecule has 0 aromatic carbocycles. The van der Waals surface area contributed by atoms with E-state index in [0.717, 1.165) is 6.42 Å². The molecule has 0 saturated carbocycles. The van der Waals surface area contributed by atoms with Crippen LogP contribution in [0.25, 0.3) is 0 Å². The molecule has 0 unspecified atom stereocenters. The van der Waals surface area contributed by atoms with Gasteiger partial charge in [-0.05, 0) is 44.3 Å². The summed E-state index contributed by atoms with van der Waals surface area (Å²) in [4.78, 5) is 0. The van der Waals surface area contributed by atoms with Gasteiger partial charge < -0.3 is 13.9 Å². The van der Waals surface area contributed by atoms with Gasteiger partial charge in [-0.3, -0.25) is 0 Å². The normalized spacial score (nSPS) is 38.4. The number of rotatable bonds is 5. The van der Waals surface area contributed by atoms with Crippen molar-refractivity contribution in [2.24, 2.45) is 5.92 Å². The molecule has 0 N–H and O–H groups in total. The van der Waals surface area contributed by atoms with E-state index in [1.807, 2.05) is 0 Å². The third-order valence-corrected chi connectivity index (χ3v) is 9.99. The molecule has 2 saturated heterocycles. The maximum atomic E-state index is 6.49. The largest absolute Gasteiger partial charge is 0.411 e. The van der Waals surface area contributed by atoms with E-state index < -0.39 is 8.32 Å². The highest BCUT2D eigenvalue weighted by Crippen LogP contribution is 2.66. The van der Waals surface area contributed by atoms with E-state index in [1.54, 1.807) is 0 Å². The number of hydrogen-bond acceptors (Lipinski definition) is 3. The van der Waals surface area contributed by atoms with Crippen LogP contribution in [0, 0.1) is 5.92 Å². The Hall–Kier alpha value is 0.0969. The zero-order chi connectivity index (χ0) is 15.6. The summed E-state index contributed by atoms with van der Waals surface area (Å²) in [6.45, 7) is 20.1. The van der Waals surface area contributed by atoms with E-state index in [1.165, 1.54) is 0 Å². The molecule has 0 radical (unpaired) electrons. The van der Waals surface area contributed by atoms with Crippen LogP contribution in [-0.2, 0) is 13.9 Å².